The van der Waals surface area contributed by atoms with Gasteiger partial charge in [0.2, 0.25) is 0 Å². The minimum absolute atomic E-state index is 0.308. The van der Waals surface area contributed by atoms with Crippen molar-refractivity contribution in [1.82, 2.24) is 5.32 Å². The molecule has 0 aliphatic carbocycles. The molecule has 5 nitrogen and oxygen atoms in total. The Hall–Kier alpha value is -2.47. The Balaban J connectivity index is 2.14. The van der Waals surface area contributed by atoms with Gasteiger partial charge in [-0.3, -0.25) is 10.1 Å². The van der Waals surface area contributed by atoms with E-state index in [1.807, 2.05) is 5.32 Å². The van der Waals surface area contributed by atoms with Crippen LogP contribution in [0.3, 0.4) is 0 Å². The van der Waals surface area contributed by atoms with E-state index in [0.717, 1.165) is 30.3 Å². The van der Waals surface area contributed by atoms with Crippen molar-refractivity contribution in [3.63, 3.8) is 0 Å². The Bertz CT molecular complexity index is 934. The zero-order chi connectivity index (χ0) is 22.0. The minimum Gasteiger partial charge on any atom is -0.426 e. The predicted octanol–water partition coefficient (Wildman–Crippen LogP) is 5.54. The maximum atomic E-state index is 13.5. The van der Waals surface area contributed by atoms with Crippen molar-refractivity contribution in [3.8, 4) is 5.75 Å². The number of amides is 3. The largest absolute Gasteiger partial charge is 0.475 e. The first-order valence-electron chi connectivity index (χ1n) is 7.31. The van der Waals surface area contributed by atoms with Crippen molar-refractivity contribution in [1.29, 1.82) is 0 Å². The average Bonchev–Trinajstić information content (AvgIpc) is 2.56. The number of benzene rings is 2. The number of carbonyl (C=O) groups is 2. The normalized spacial score (nSPS) is 11.7. The average molecular weight is 506 g/mol. The standard InChI is InChI=1S/C16H8BrClF6N2O3/c17-15(21,22)16(23,24)29-11-6-7(4-5-8(11)18)25-14(28)26-13(27)12-9(19)2-1-3-10(12)20/h1-6H,(H2,25,26,27,28). The van der Waals surface area contributed by atoms with Crippen LogP contribution >= 0.6 is 27.5 Å². The van der Waals surface area contributed by atoms with E-state index in [9.17, 15) is 35.9 Å². The maximum absolute atomic E-state index is 13.5. The quantitative estimate of drug-likeness (QED) is 0.414. The fourth-order valence-electron chi connectivity index (χ4n) is 1.90. The Morgan fingerprint density at radius 3 is 2.17 bits per heavy atom. The van der Waals surface area contributed by atoms with Crippen LogP contribution in [0.1, 0.15) is 10.4 Å². The zero-order valence-electron chi connectivity index (χ0n) is 13.7. The van der Waals surface area contributed by atoms with E-state index >= 15 is 0 Å². The molecule has 0 unspecified atom stereocenters. The molecule has 0 fully saturated rings. The number of hydrogen-bond acceptors (Lipinski definition) is 3. The number of anilines is 1. The van der Waals surface area contributed by atoms with Gasteiger partial charge in [-0.15, -0.1) is 0 Å². The number of imide groups is 1. The van der Waals surface area contributed by atoms with Crippen LogP contribution in [-0.4, -0.2) is 22.9 Å². The van der Waals surface area contributed by atoms with Gasteiger partial charge in [-0.25, -0.2) is 13.6 Å². The predicted molar refractivity (Wildman–Crippen MR) is 93.7 cm³/mol. The van der Waals surface area contributed by atoms with Crippen LogP contribution in [0, 0.1) is 11.6 Å². The van der Waals surface area contributed by atoms with E-state index in [4.69, 9.17) is 11.6 Å². The lowest BCUT2D eigenvalue weighted by Gasteiger charge is -2.22. The van der Waals surface area contributed by atoms with E-state index < -0.39 is 50.8 Å². The van der Waals surface area contributed by atoms with Crippen molar-refractivity contribution in [2.75, 3.05) is 5.32 Å². The number of rotatable bonds is 5. The molecule has 0 saturated carbocycles. The van der Waals surface area contributed by atoms with Crippen molar-refractivity contribution in [3.05, 3.63) is 58.6 Å². The number of urea groups is 1. The number of halogens is 8. The topological polar surface area (TPSA) is 67.4 Å². The molecule has 0 aromatic heterocycles. The van der Waals surface area contributed by atoms with Gasteiger partial charge in [0, 0.05) is 27.7 Å². The SMILES string of the molecule is O=C(NC(=O)c1c(F)cccc1F)Nc1ccc(Cl)c(OC(F)(F)C(F)(F)Br)c1. The highest BCUT2D eigenvalue weighted by Gasteiger charge is 2.58. The van der Waals surface area contributed by atoms with Crippen molar-refractivity contribution in [2.24, 2.45) is 0 Å². The summed E-state index contributed by atoms with van der Waals surface area (Å²) in [5.41, 5.74) is -1.33. The molecule has 0 bridgehead atoms. The molecule has 3 amide bonds. The first-order valence-corrected chi connectivity index (χ1v) is 8.48. The molecule has 0 aliphatic heterocycles. The molecule has 0 saturated heterocycles. The van der Waals surface area contributed by atoms with E-state index in [-0.39, 0.29) is 5.69 Å². The summed E-state index contributed by atoms with van der Waals surface area (Å²) in [4.78, 5) is 18.9. The minimum atomic E-state index is -4.99. The summed E-state index contributed by atoms with van der Waals surface area (Å²) >= 11 is 7.08. The first-order chi connectivity index (χ1) is 13.3. The van der Waals surface area contributed by atoms with Crippen LogP contribution in [0.25, 0.3) is 0 Å². The third-order valence-electron chi connectivity index (χ3n) is 3.17. The number of alkyl halides is 5. The summed E-state index contributed by atoms with van der Waals surface area (Å²) in [6.07, 6.45) is -4.99. The smallest absolute Gasteiger partial charge is 0.426 e. The second kappa shape index (κ2) is 8.49. The number of nitrogens with one attached hydrogen (secondary N) is 2. The molecule has 0 aliphatic rings. The van der Waals surface area contributed by atoms with Crippen LogP contribution in [0.4, 0.5) is 36.8 Å². The second-order valence-electron chi connectivity index (χ2n) is 5.27. The van der Waals surface area contributed by atoms with Gasteiger partial charge < -0.3 is 10.1 Å². The molecule has 2 rings (SSSR count). The summed E-state index contributed by atoms with van der Waals surface area (Å²) in [5, 5.41) is 3.10. The molecular formula is C16H8BrClF6N2O3. The van der Waals surface area contributed by atoms with Gasteiger partial charge in [-0.1, -0.05) is 17.7 Å². The molecule has 13 heteroatoms. The van der Waals surface area contributed by atoms with E-state index in [1.54, 1.807) is 5.32 Å². The Morgan fingerprint density at radius 1 is 1.03 bits per heavy atom. The number of ether oxygens (including phenoxy) is 1. The molecule has 0 radical (unpaired) electrons. The molecule has 0 atom stereocenters. The third kappa shape index (κ3) is 5.54. The summed E-state index contributed by atoms with van der Waals surface area (Å²) < 4.78 is 83.3. The molecule has 156 valence electrons. The van der Waals surface area contributed by atoms with Crippen molar-refractivity contribution < 1.29 is 40.7 Å². The molecule has 0 heterocycles. The fraction of sp³-hybridized carbons (Fsp3) is 0.125. The summed E-state index contributed by atoms with van der Waals surface area (Å²) in [6, 6.07) is 3.95. The van der Waals surface area contributed by atoms with Gasteiger partial charge in [0.25, 0.3) is 5.91 Å². The van der Waals surface area contributed by atoms with E-state index in [0.29, 0.717) is 6.07 Å². The maximum Gasteiger partial charge on any atom is 0.475 e. The first kappa shape index (κ1) is 22.8. The van der Waals surface area contributed by atoms with Crippen LogP contribution in [0.5, 0.6) is 5.75 Å². The van der Waals surface area contributed by atoms with Gasteiger partial charge in [-0.05, 0) is 24.3 Å². The lowest BCUT2D eigenvalue weighted by molar-refractivity contribution is -0.266. The summed E-state index contributed by atoms with van der Waals surface area (Å²) in [6.45, 7) is 0. The second-order valence-corrected chi connectivity index (χ2v) is 6.67. The number of carbonyl (C=O) groups excluding carboxylic acids is 2. The lowest BCUT2D eigenvalue weighted by atomic mass is 10.2. The fourth-order valence-corrected chi connectivity index (χ4v) is 2.14. The Morgan fingerprint density at radius 2 is 1.62 bits per heavy atom. The Kier molecular flexibility index (Phi) is 6.68. The van der Waals surface area contributed by atoms with E-state index in [2.05, 4.69) is 4.74 Å². The molecule has 29 heavy (non-hydrogen) atoms. The molecule has 0 spiro atoms. The lowest BCUT2D eigenvalue weighted by Crippen LogP contribution is -2.40. The van der Waals surface area contributed by atoms with Crippen LogP contribution in [0.15, 0.2) is 36.4 Å². The van der Waals surface area contributed by atoms with Gasteiger partial charge in [-0.2, -0.15) is 17.6 Å². The highest BCUT2D eigenvalue weighted by Crippen LogP contribution is 2.42. The van der Waals surface area contributed by atoms with Crippen molar-refractivity contribution >= 4 is 45.2 Å². The number of hydrogen-bond donors (Lipinski definition) is 2. The molecular weight excluding hydrogens is 498 g/mol. The van der Waals surface area contributed by atoms with Crippen molar-refractivity contribution in [2.45, 2.75) is 10.9 Å². The summed E-state index contributed by atoms with van der Waals surface area (Å²) in [5.74, 6) is -4.79. The van der Waals surface area contributed by atoms with Crippen LogP contribution < -0.4 is 15.4 Å². The Labute approximate surface area is 172 Å². The summed E-state index contributed by atoms with van der Waals surface area (Å²) in [7, 11) is 0. The third-order valence-corrected chi connectivity index (χ3v) is 3.95. The van der Waals surface area contributed by atoms with Gasteiger partial charge in [0.05, 0.1) is 5.02 Å². The highest BCUT2D eigenvalue weighted by molar-refractivity contribution is 9.10. The van der Waals surface area contributed by atoms with Gasteiger partial charge >= 0.3 is 17.0 Å². The zero-order valence-corrected chi connectivity index (χ0v) is 16.1. The van der Waals surface area contributed by atoms with Gasteiger partial charge in [0.15, 0.2) is 0 Å². The van der Waals surface area contributed by atoms with E-state index in [1.165, 1.54) is 15.9 Å². The highest BCUT2D eigenvalue weighted by atomic mass is 79.9. The van der Waals surface area contributed by atoms with Crippen LogP contribution in [0.2, 0.25) is 5.02 Å². The van der Waals surface area contributed by atoms with Gasteiger partial charge in [0.1, 0.15) is 22.9 Å². The monoisotopic (exact) mass is 504 g/mol. The molecule has 2 N–H and O–H groups in total. The molecule has 2 aromatic rings. The molecule has 2 aromatic carbocycles. The van der Waals surface area contributed by atoms with Crippen LogP contribution in [-0.2, 0) is 0 Å².